The third-order valence-corrected chi connectivity index (χ3v) is 2.56. The van der Waals surface area contributed by atoms with Crippen LogP contribution in [0.3, 0.4) is 0 Å². The quantitative estimate of drug-likeness (QED) is 0.551. The highest BCUT2D eigenvalue weighted by atomic mass is 16.3. The summed E-state index contributed by atoms with van der Waals surface area (Å²) in [5.74, 6) is 0.212. The van der Waals surface area contributed by atoms with E-state index in [4.69, 9.17) is 0 Å². The number of phenols is 1. The lowest BCUT2D eigenvalue weighted by Crippen LogP contribution is -2.24. The Morgan fingerprint density at radius 2 is 2.00 bits per heavy atom. The second-order valence-electron chi connectivity index (χ2n) is 3.40. The van der Waals surface area contributed by atoms with Gasteiger partial charge < -0.3 is 15.3 Å². The van der Waals surface area contributed by atoms with Crippen molar-refractivity contribution in [3.8, 4) is 5.75 Å². The lowest BCUT2D eigenvalue weighted by molar-refractivity contribution is 0.00614. The summed E-state index contributed by atoms with van der Waals surface area (Å²) in [5, 5.41) is 28.4. The molecule has 0 aromatic heterocycles. The average Bonchev–Trinajstić information content (AvgIpc) is 2.12. The monoisotopic (exact) mass is 180 g/mol. The number of aliphatic hydroxyl groups is 2. The van der Waals surface area contributed by atoms with Gasteiger partial charge in [0, 0.05) is 0 Å². The van der Waals surface area contributed by atoms with Crippen LogP contribution in [0.5, 0.6) is 5.75 Å². The summed E-state index contributed by atoms with van der Waals surface area (Å²) in [5.41, 5.74) is 1.42. The van der Waals surface area contributed by atoms with Crippen molar-refractivity contribution in [3.63, 3.8) is 0 Å². The van der Waals surface area contributed by atoms with Gasteiger partial charge in [0.1, 0.15) is 11.9 Å². The van der Waals surface area contributed by atoms with Crippen LogP contribution in [-0.2, 0) is 6.42 Å². The SMILES string of the molecule is Oc1cccc2c1CC[C@H](O)[C@H]2O. The van der Waals surface area contributed by atoms with Gasteiger partial charge in [-0.2, -0.15) is 0 Å². The first-order valence-electron chi connectivity index (χ1n) is 4.37. The lowest BCUT2D eigenvalue weighted by atomic mass is 9.87. The standard InChI is InChI=1S/C10H12O3/c11-8-3-1-2-7-6(8)4-5-9(12)10(7)13/h1-3,9-13H,4-5H2/t9-,10-/m0/s1. The number of aromatic hydroxyl groups is 1. The molecule has 1 aliphatic rings. The van der Waals surface area contributed by atoms with Crippen molar-refractivity contribution in [1.82, 2.24) is 0 Å². The van der Waals surface area contributed by atoms with Crippen molar-refractivity contribution < 1.29 is 15.3 Å². The second-order valence-corrected chi connectivity index (χ2v) is 3.40. The number of phenolic OH excluding ortho intramolecular Hbond substituents is 1. The predicted molar refractivity (Wildman–Crippen MR) is 47.4 cm³/mol. The highest BCUT2D eigenvalue weighted by Crippen LogP contribution is 2.34. The molecule has 0 fully saturated rings. The first-order chi connectivity index (χ1) is 6.20. The van der Waals surface area contributed by atoms with E-state index in [0.29, 0.717) is 18.4 Å². The third-order valence-electron chi connectivity index (χ3n) is 2.56. The molecule has 1 aliphatic carbocycles. The fourth-order valence-electron chi connectivity index (χ4n) is 1.80. The molecule has 0 heterocycles. The van der Waals surface area contributed by atoms with Crippen LogP contribution < -0.4 is 0 Å². The molecule has 3 heteroatoms. The minimum absolute atomic E-state index is 0.212. The van der Waals surface area contributed by atoms with E-state index in [0.717, 1.165) is 5.56 Å². The first-order valence-corrected chi connectivity index (χ1v) is 4.37. The maximum Gasteiger partial charge on any atom is 0.119 e. The van der Waals surface area contributed by atoms with Crippen molar-refractivity contribution in [2.45, 2.75) is 25.0 Å². The summed E-state index contributed by atoms with van der Waals surface area (Å²) in [6.07, 6.45) is -0.420. The van der Waals surface area contributed by atoms with E-state index in [9.17, 15) is 15.3 Å². The van der Waals surface area contributed by atoms with E-state index < -0.39 is 12.2 Å². The van der Waals surface area contributed by atoms with Gasteiger partial charge in [-0.3, -0.25) is 0 Å². The van der Waals surface area contributed by atoms with Crippen LogP contribution in [0.2, 0.25) is 0 Å². The van der Waals surface area contributed by atoms with Crippen LogP contribution in [0.1, 0.15) is 23.7 Å². The Morgan fingerprint density at radius 3 is 2.77 bits per heavy atom. The molecule has 0 radical (unpaired) electrons. The summed E-state index contributed by atoms with van der Waals surface area (Å²) < 4.78 is 0. The van der Waals surface area contributed by atoms with Gasteiger partial charge in [0.15, 0.2) is 0 Å². The van der Waals surface area contributed by atoms with Crippen molar-refractivity contribution in [3.05, 3.63) is 29.3 Å². The van der Waals surface area contributed by atoms with Gasteiger partial charge in [-0.25, -0.2) is 0 Å². The van der Waals surface area contributed by atoms with E-state index in [1.54, 1.807) is 18.2 Å². The topological polar surface area (TPSA) is 60.7 Å². The van der Waals surface area contributed by atoms with E-state index in [1.165, 1.54) is 0 Å². The zero-order chi connectivity index (χ0) is 9.42. The molecule has 0 unspecified atom stereocenters. The van der Waals surface area contributed by atoms with Crippen molar-refractivity contribution in [2.24, 2.45) is 0 Å². The van der Waals surface area contributed by atoms with Crippen molar-refractivity contribution in [2.75, 3.05) is 0 Å². The Kier molecular flexibility index (Phi) is 1.98. The van der Waals surface area contributed by atoms with Crippen LogP contribution in [0.15, 0.2) is 18.2 Å². The summed E-state index contributed by atoms with van der Waals surface area (Å²) >= 11 is 0. The molecule has 3 N–H and O–H groups in total. The maximum absolute atomic E-state index is 9.59. The summed E-state index contributed by atoms with van der Waals surface area (Å²) in [7, 11) is 0. The fourth-order valence-corrected chi connectivity index (χ4v) is 1.80. The van der Waals surface area contributed by atoms with Gasteiger partial charge in [0.2, 0.25) is 0 Å². The molecule has 0 spiro atoms. The molecule has 2 atom stereocenters. The Morgan fingerprint density at radius 1 is 1.23 bits per heavy atom. The molecular formula is C10H12O3. The minimum Gasteiger partial charge on any atom is -0.508 e. The highest BCUT2D eigenvalue weighted by molar-refractivity contribution is 5.42. The largest absolute Gasteiger partial charge is 0.508 e. The number of hydrogen-bond acceptors (Lipinski definition) is 3. The smallest absolute Gasteiger partial charge is 0.119 e. The number of benzene rings is 1. The lowest BCUT2D eigenvalue weighted by Gasteiger charge is -2.26. The van der Waals surface area contributed by atoms with Gasteiger partial charge in [0.05, 0.1) is 6.10 Å². The van der Waals surface area contributed by atoms with Gasteiger partial charge in [-0.1, -0.05) is 12.1 Å². The molecule has 1 aromatic rings. The molecule has 0 aliphatic heterocycles. The zero-order valence-electron chi connectivity index (χ0n) is 7.14. The van der Waals surface area contributed by atoms with Crippen molar-refractivity contribution >= 4 is 0 Å². The summed E-state index contributed by atoms with van der Waals surface area (Å²) in [6.45, 7) is 0. The molecule has 70 valence electrons. The molecule has 3 nitrogen and oxygen atoms in total. The van der Waals surface area contributed by atoms with Crippen LogP contribution in [0, 0.1) is 0 Å². The van der Waals surface area contributed by atoms with Crippen LogP contribution in [-0.4, -0.2) is 21.4 Å². The van der Waals surface area contributed by atoms with E-state index >= 15 is 0 Å². The Balaban J connectivity index is 2.49. The van der Waals surface area contributed by atoms with Gasteiger partial charge in [-0.05, 0) is 30.0 Å². The Hall–Kier alpha value is -1.06. The Labute approximate surface area is 76.3 Å². The van der Waals surface area contributed by atoms with Crippen LogP contribution in [0.25, 0.3) is 0 Å². The maximum atomic E-state index is 9.59. The number of rotatable bonds is 0. The fraction of sp³-hybridized carbons (Fsp3) is 0.400. The van der Waals surface area contributed by atoms with Crippen molar-refractivity contribution in [1.29, 1.82) is 0 Å². The van der Waals surface area contributed by atoms with Gasteiger partial charge in [-0.15, -0.1) is 0 Å². The number of aliphatic hydroxyl groups excluding tert-OH is 2. The van der Waals surface area contributed by atoms with Gasteiger partial charge in [0.25, 0.3) is 0 Å². The predicted octanol–water partition coefficient (Wildman–Crippen LogP) is 0.733. The van der Waals surface area contributed by atoms with Crippen LogP contribution >= 0.6 is 0 Å². The van der Waals surface area contributed by atoms with Gasteiger partial charge >= 0.3 is 0 Å². The molecule has 0 saturated heterocycles. The normalized spacial score (nSPS) is 26.9. The molecule has 13 heavy (non-hydrogen) atoms. The summed E-state index contributed by atoms with van der Waals surface area (Å²) in [4.78, 5) is 0. The van der Waals surface area contributed by atoms with E-state index in [2.05, 4.69) is 0 Å². The highest BCUT2D eigenvalue weighted by Gasteiger charge is 2.27. The second kappa shape index (κ2) is 3.01. The molecule has 2 rings (SSSR count). The summed E-state index contributed by atoms with van der Waals surface area (Å²) in [6, 6.07) is 5.01. The third kappa shape index (κ3) is 1.30. The Bertz CT molecular complexity index is 322. The van der Waals surface area contributed by atoms with E-state index in [1.807, 2.05) is 0 Å². The average molecular weight is 180 g/mol. The first kappa shape index (κ1) is 8.53. The molecular weight excluding hydrogens is 168 g/mol. The minimum atomic E-state index is -0.851. The van der Waals surface area contributed by atoms with E-state index in [-0.39, 0.29) is 5.75 Å². The molecule has 1 aromatic carbocycles. The number of fused-ring (bicyclic) bond motifs is 1. The molecule has 0 bridgehead atoms. The number of hydrogen-bond donors (Lipinski definition) is 3. The zero-order valence-corrected chi connectivity index (χ0v) is 7.14. The van der Waals surface area contributed by atoms with Crippen LogP contribution in [0.4, 0.5) is 0 Å². The molecule has 0 saturated carbocycles. The molecule has 0 amide bonds.